The van der Waals surface area contributed by atoms with Crippen LogP contribution in [0.25, 0.3) is 5.82 Å². The summed E-state index contributed by atoms with van der Waals surface area (Å²) in [6.07, 6.45) is 3.50. The minimum atomic E-state index is -0.213. The van der Waals surface area contributed by atoms with Crippen LogP contribution in [0, 0.1) is 6.92 Å². The quantitative estimate of drug-likeness (QED) is 0.573. The normalized spacial score (nSPS) is 10.4. The Labute approximate surface area is 162 Å². The summed E-state index contributed by atoms with van der Waals surface area (Å²) in [5.74, 6) is 2.87. The zero-order valence-electron chi connectivity index (χ0n) is 16.0. The Bertz CT molecular complexity index is 921. The largest absolute Gasteiger partial charge is 0.497 e. The molecule has 0 saturated heterocycles. The van der Waals surface area contributed by atoms with Gasteiger partial charge in [0.05, 0.1) is 14.2 Å². The summed E-state index contributed by atoms with van der Waals surface area (Å²) in [6, 6.07) is 8.67. The van der Waals surface area contributed by atoms with Gasteiger partial charge < -0.3 is 20.1 Å². The number of carbonyl (C=O) groups is 1. The minimum Gasteiger partial charge on any atom is -0.497 e. The van der Waals surface area contributed by atoms with E-state index in [0.29, 0.717) is 47.6 Å². The van der Waals surface area contributed by atoms with E-state index < -0.39 is 0 Å². The second-order valence-electron chi connectivity index (χ2n) is 5.89. The first-order valence-corrected chi connectivity index (χ1v) is 8.70. The molecule has 0 bridgehead atoms. The number of hydrogen-bond donors (Lipinski definition) is 2. The summed E-state index contributed by atoms with van der Waals surface area (Å²) in [5.41, 5.74) is 0.468. The van der Waals surface area contributed by atoms with Crippen molar-refractivity contribution in [2.45, 2.75) is 6.92 Å². The number of aryl methyl sites for hydroxylation is 1. The van der Waals surface area contributed by atoms with Gasteiger partial charge in [-0.2, -0.15) is 5.10 Å². The van der Waals surface area contributed by atoms with Crippen molar-refractivity contribution in [2.75, 3.05) is 32.6 Å². The first-order valence-electron chi connectivity index (χ1n) is 8.70. The summed E-state index contributed by atoms with van der Waals surface area (Å²) >= 11 is 0. The molecule has 3 rings (SSSR count). The Morgan fingerprint density at radius 1 is 1.07 bits per heavy atom. The molecule has 0 aliphatic heterocycles. The zero-order chi connectivity index (χ0) is 19.9. The highest BCUT2D eigenvalue weighted by Crippen LogP contribution is 2.22. The van der Waals surface area contributed by atoms with Crippen molar-refractivity contribution in [3.05, 3.63) is 54.1 Å². The van der Waals surface area contributed by atoms with Gasteiger partial charge in [-0.3, -0.25) is 4.79 Å². The summed E-state index contributed by atoms with van der Waals surface area (Å²) in [4.78, 5) is 21.1. The highest BCUT2D eigenvalue weighted by molar-refractivity contribution is 5.95. The fourth-order valence-electron chi connectivity index (χ4n) is 2.57. The third-order valence-electron chi connectivity index (χ3n) is 3.89. The van der Waals surface area contributed by atoms with Gasteiger partial charge in [0.2, 0.25) is 0 Å². The van der Waals surface area contributed by atoms with Crippen LogP contribution in [0.5, 0.6) is 11.5 Å². The second-order valence-corrected chi connectivity index (χ2v) is 5.89. The van der Waals surface area contributed by atoms with Crippen LogP contribution in [0.1, 0.15) is 16.2 Å². The van der Waals surface area contributed by atoms with Crippen LogP contribution in [0.15, 0.2) is 42.7 Å². The molecule has 2 aromatic heterocycles. The highest BCUT2D eigenvalue weighted by atomic mass is 16.5. The Hall–Kier alpha value is -3.62. The van der Waals surface area contributed by atoms with Crippen molar-refractivity contribution in [1.29, 1.82) is 0 Å². The maximum absolute atomic E-state index is 12.4. The number of benzene rings is 1. The Morgan fingerprint density at radius 3 is 2.46 bits per heavy atom. The summed E-state index contributed by atoms with van der Waals surface area (Å²) in [6.45, 7) is 2.73. The second kappa shape index (κ2) is 8.85. The molecule has 0 radical (unpaired) electrons. The standard InChI is InChI=1S/C19H22N6O3/c1-13-23-17(12-18(24-13)25-8-4-5-22-25)20-6-7-21-19(26)14-9-15(27-2)11-16(10-14)28-3/h4-5,8-12H,6-7H2,1-3H3,(H,21,26)(H,20,23,24). The van der Waals surface area contributed by atoms with E-state index in [0.717, 1.165) is 0 Å². The molecular weight excluding hydrogens is 360 g/mol. The number of hydrogen-bond acceptors (Lipinski definition) is 7. The molecule has 1 amide bonds. The average molecular weight is 382 g/mol. The number of rotatable bonds is 8. The average Bonchev–Trinajstić information content (AvgIpc) is 3.25. The lowest BCUT2D eigenvalue weighted by molar-refractivity contribution is 0.0954. The highest BCUT2D eigenvalue weighted by Gasteiger charge is 2.10. The van der Waals surface area contributed by atoms with Crippen LogP contribution in [0.3, 0.4) is 0 Å². The molecule has 2 heterocycles. The number of amides is 1. The molecule has 0 spiro atoms. The van der Waals surface area contributed by atoms with Crippen LogP contribution < -0.4 is 20.1 Å². The molecule has 28 heavy (non-hydrogen) atoms. The summed E-state index contributed by atoms with van der Waals surface area (Å²) in [7, 11) is 3.09. The van der Waals surface area contributed by atoms with Crippen molar-refractivity contribution < 1.29 is 14.3 Å². The topological polar surface area (TPSA) is 103 Å². The van der Waals surface area contributed by atoms with Crippen molar-refractivity contribution >= 4 is 11.7 Å². The van der Waals surface area contributed by atoms with Crippen LogP contribution in [-0.4, -0.2) is 53.0 Å². The fourth-order valence-corrected chi connectivity index (χ4v) is 2.57. The maximum Gasteiger partial charge on any atom is 0.251 e. The lowest BCUT2D eigenvalue weighted by Gasteiger charge is -2.11. The van der Waals surface area contributed by atoms with Crippen LogP contribution >= 0.6 is 0 Å². The molecule has 0 saturated carbocycles. The van der Waals surface area contributed by atoms with E-state index in [2.05, 4.69) is 25.7 Å². The first kappa shape index (κ1) is 19.2. The molecule has 9 heteroatoms. The lowest BCUT2D eigenvalue weighted by atomic mass is 10.2. The molecular formula is C19H22N6O3. The first-order chi connectivity index (χ1) is 13.6. The van der Waals surface area contributed by atoms with E-state index in [4.69, 9.17) is 9.47 Å². The number of nitrogens with one attached hydrogen (secondary N) is 2. The number of methoxy groups -OCH3 is 2. The Kier molecular flexibility index (Phi) is 6.05. The molecule has 9 nitrogen and oxygen atoms in total. The molecule has 3 aromatic rings. The zero-order valence-corrected chi connectivity index (χ0v) is 16.0. The van der Waals surface area contributed by atoms with Gasteiger partial charge in [0, 0.05) is 43.2 Å². The van der Waals surface area contributed by atoms with Gasteiger partial charge in [-0.05, 0) is 25.1 Å². The van der Waals surface area contributed by atoms with E-state index in [-0.39, 0.29) is 5.91 Å². The summed E-state index contributed by atoms with van der Waals surface area (Å²) < 4.78 is 12.0. The van der Waals surface area contributed by atoms with E-state index in [1.54, 1.807) is 49.4 Å². The molecule has 146 valence electrons. The predicted molar refractivity (Wildman–Crippen MR) is 104 cm³/mol. The third-order valence-corrected chi connectivity index (χ3v) is 3.89. The molecule has 0 atom stereocenters. The molecule has 0 aliphatic carbocycles. The van der Waals surface area contributed by atoms with Crippen molar-refractivity contribution in [3.8, 4) is 17.3 Å². The monoisotopic (exact) mass is 382 g/mol. The minimum absolute atomic E-state index is 0.213. The number of aromatic nitrogens is 4. The van der Waals surface area contributed by atoms with E-state index >= 15 is 0 Å². The van der Waals surface area contributed by atoms with E-state index in [1.807, 2.05) is 19.2 Å². The number of ether oxygens (including phenoxy) is 2. The van der Waals surface area contributed by atoms with Crippen molar-refractivity contribution in [3.63, 3.8) is 0 Å². The molecule has 0 unspecified atom stereocenters. The van der Waals surface area contributed by atoms with Gasteiger partial charge in [-0.15, -0.1) is 0 Å². The summed E-state index contributed by atoms with van der Waals surface area (Å²) in [5, 5.41) is 10.2. The number of carbonyl (C=O) groups excluding carboxylic acids is 1. The Morgan fingerprint density at radius 2 is 1.82 bits per heavy atom. The molecule has 1 aromatic carbocycles. The Balaban J connectivity index is 1.57. The van der Waals surface area contributed by atoms with E-state index in [1.165, 1.54) is 0 Å². The predicted octanol–water partition coefficient (Wildman–Crippen LogP) is 1.83. The van der Waals surface area contributed by atoms with Gasteiger partial charge >= 0.3 is 0 Å². The third kappa shape index (κ3) is 4.76. The van der Waals surface area contributed by atoms with E-state index in [9.17, 15) is 4.79 Å². The molecule has 2 N–H and O–H groups in total. The van der Waals surface area contributed by atoms with Gasteiger partial charge in [0.15, 0.2) is 5.82 Å². The van der Waals surface area contributed by atoms with Gasteiger partial charge in [-0.25, -0.2) is 14.6 Å². The SMILES string of the molecule is COc1cc(OC)cc(C(=O)NCCNc2cc(-n3cccn3)nc(C)n2)c1. The van der Waals surface area contributed by atoms with Gasteiger partial charge in [0.25, 0.3) is 5.91 Å². The number of anilines is 1. The number of nitrogens with zero attached hydrogens (tertiary/aromatic N) is 4. The smallest absolute Gasteiger partial charge is 0.251 e. The van der Waals surface area contributed by atoms with Crippen LogP contribution in [-0.2, 0) is 0 Å². The molecule has 0 fully saturated rings. The maximum atomic E-state index is 12.4. The van der Waals surface area contributed by atoms with Crippen molar-refractivity contribution in [2.24, 2.45) is 0 Å². The molecule has 0 aliphatic rings. The van der Waals surface area contributed by atoms with Gasteiger partial charge in [0.1, 0.15) is 23.1 Å². The van der Waals surface area contributed by atoms with Gasteiger partial charge in [-0.1, -0.05) is 0 Å². The lowest BCUT2D eigenvalue weighted by Crippen LogP contribution is -2.29. The van der Waals surface area contributed by atoms with Crippen LogP contribution in [0.4, 0.5) is 5.82 Å². The van der Waals surface area contributed by atoms with Crippen LogP contribution in [0.2, 0.25) is 0 Å². The fraction of sp³-hybridized carbons (Fsp3) is 0.263. The van der Waals surface area contributed by atoms with Crippen molar-refractivity contribution in [1.82, 2.24) is 25.1 Å².